The van der Waals surface area contributed by atoms with Crippen LogP contribution in [-0.4, -0.2) is 25.0 Å². The molecule has 2 aromatic rings. The minimum absolute atomic E-state index is 0.0529. The fourth-order valence-corrected chi connectivity index (χ4v) is 1.90. The van der Waals surface area contributed by atoms with E-state index in [1.165, 1.54) is 0 Å². The molecule has 0 aliphatic rings. The van der Waals surface area contributed by atoms with Gasteiger partial charge in [-0.3, -0.25) is 4.79 Å². The molecule has 0 radical (unpaired) electrons. The van der Waals surface area contributed by atoms with E-state index in [0.717, 1.165) is 18.6 Å². The highest BCUT2D eigenvalue weighted by molar-refractivity contribution is 6.08. The third-order valence-corrected chi connectivity index (χ3v) is 3.14. The van der Waals surface area contributed by atoms with Crippen molar-refractivity contribution in [3.63, 3.8) is 0 Å². The largest absolute Gasteiger partial charge is 0.491 e. The Morgan fingerprint density at radius 1 is 0.889 bits per heavy atom. The Kier molecular flexibility index (Phi) is 8.29. The SMILES string of the molecule is C=CC(=O)O/C=C/OOOCCOc1ccc(C(=O)c2ccccc2)cc1. The minimum atomic E-state index is -0.624. The number of esters is 1. The Labute approximate surface area is 156 Å². The molecule has 140 valence electrons. The van der Waals surface area contributed by atoms with Crippen LogP contribution in [0.5, 0.6) is 5.75 Å². The number of ether oxygens (including phenoxy) is 2. The Hall–Kier alpha value is -3.42. The summed E-state index contributed by atoms with van der Waals surface area (Å²) in [6.45, 7) is 3.51. The number of rotatable bonds is 11. The molecule has 0 heterocycles. The van der Waals surface area contributed by atoms with Gasteiger partial charge in [0.25, 0.3) is 0 Å². The predicted molar refractivity (Wildman–Crippen MR) is 95.4 cm³/mol. The maximum Gasteiger partial charge on any atom is 0.335 e. The van der Waals surface area contributed by atoms with E-state index in [9.17, 15) is 9.59 Å². The predicted octanol–water partition coefficient (Wildman–Crippen LogP) is 3.38. The van der Waals surface area contributed by atoms with E-state index in [1.54, 1.807) is 36.4 Å². The second kappa shape index (κ2) is 11.2. The third kappa shape index (κ3) is 7.15. The summed E-state index contributed by atoms with van der Waals surface area (Å²) in [5, 5.41) is 4.36. The van der Waals surface area contributed by atoms with Gasteiger partial charge in [0.15, 0.2) is 12.0 Å². The summed E-state index contributed by atoms with van der Waals surface area (Å²) in [6, 6.07) is 15.8. The first-order valence-electron chi connectivity index (χ1n) is 7.96. The van der Waals surface area contributed by atoms with Gasteiger partial charge in [-0.05, 0) is 29.3 Å². The van der Waals surface area contributed by atoms with Crippen molar-refractivity contribution in [1.82, 2.24) is 0 Å². The lowest BCUT2D eigenvalue weighted by molar-refractivity contribution is -0.490. The standard InChI is InChI=1S/C20H18O7/c1-2-19(21)24-13-15-26-27-25-14-12-23-18-10-8-17(9-11-18)20(22)16-6-4-3-5-7-16/h2-11,13,15H,1,12,14H2/b15-13+. The molecule has 0 bridgehead atoms. The van der Waals surface area contributed by atoms with Crippen molar-refractivity contribution < 1.29 is 33.9 Å². The molecule has 0 aromatic heterocycles. The van der Waals surface area contributed by atoms with Crippen LogP contribution in [0.4, 0.5) is 0 Å². The molecule has 0 N–H and O–H groups in total. The lowest BCUT2D eigenvalue weighted by atomic mass is 10.0. The second-order valence-corrected chi connectivity index (χ2v) is 4.97. The van der Waals surface area contributed by atoms with Crippen LogP contribution in [0.15, 0.2) is 79.8 Å². The maximum absolute atomic E-state index is 12.3. The van der Waals surface area contributed by atoms with Crippen LogP contribution in [0.25, 0.3) is 0 Å². The molecular formula is C20H18O7. The molecule has 7 nitrogen and oxygen atoms in total. The van der Waals surface area contributed by atoms with Crippen molar-refractivity contribution in [3.8, 4) is 5.75 Å². The first-order chi connectivity index (χ1) is 13.2. The van der Waals surface area contributed by atoms with Crippen molar-refractivity contribution in [2.75, 3.05) is 13.2 Å². The molecule has 27 heavy (non-hydrogen) atoms. The van der Waals surface area contributed by atoms with Crippen molar-refractivity contribution >= 4 is 11.8 Å². The molecule has 0 aliphatic heterocycles. The Morgan fingerprint density at radius 3 is 2.30 bits per heavy atom. The molecule has 2 rings (SSSR count). The Balaban J connectivity index is 1.64. The fourth-order valence-electron chi connectivity index (χ4n) is 1.90. The smallest absolute Gasteiger partial charge is 0.335 e. The Morgan fingerprint density at radius 2 is 1.59 bits per heavy atom. The van der Waals surface area contributed by atoms with E-state index in [-0.39, 0.29) is 19.0 Å². The van der Waals surface area contributed by atoms with Gasteiger partial charge in [0.1, 0.15) is 25.2 Å². The van der Waals surface area contributed by atoms with Gasteiger partial charge < -0.3 is 14.4 Å². The van der Waals surface area contributed by atoms with Crippen LogP contribution in [-0.2, 0) is 24.3 Å². The lowest BCUT2D eigenvalue weighted by Gasteiger charge is -2.07. The number of hydrogen-bond donors (Lipinski definition) is 0. The highest BCUT2D eigenvalue weighted by Crippen LogP contribution is 2.15. The molecule has 0 saturated carbocycles. The molecule has 0 saturated heterocycles. The van der Waals surface area contributed by atoms with Crippen LogP contribution in [0.1, 0.15) is 15.9 Å². The average molecular weight is 370 g/mol. The third-order valence-electron chi connectivity index (χ3n) is 3.14. The molecule has 0 spiro atoms. The molecule has 7 heteroatoms. The van der Waals surface area contributed by atoms with Gasteiger partial charge in [-0.25, -0.2) is 4.79 Å². The quantitative estimate of drug-likeness (QED) is 0.114. The number of carbonyl (C=O) groups excluding carboxylic acids is 2. The van der Waals surface area contributed by atoms with Crippen molar-refractivity contribution in [3.05, 3.63) is 90.9 Å². The number of ketones is 1. The summed E-state index contributed by atoms with van der Waals surface area (Å²) in [5.41, 5.74) is 1.20. The summed E-state index contributed by atoms with van der Waals surface area (Å²) in [5.74, 6) is -0.0936. The molecule has 0 atom stereocenters. The zero-order valence-electron chi connectivity index (χ0n) is 14.4. The van der Waals surface area contributed by atoms with E-state index in [0.29, 0.717) is 16.9 Å². The summed E-state index contributed by atoms with van der Waals surface area (Å²) in [6.07, 6.45) is 2.95. The van der Waals surface area contributed by atoms with Gasteiger partial charge in [0.05, 0.1) is 0 Å². The van der Waals surface area contributed by atoms with Gasteiger partial charge in [-0.15, -0.1) is 0 Å². The lowest BCUT2D eigenvalue weighted by Crippen LogP contribution is -2.07. The molecule has 0 aliphatic carbocycles. The fraction of sp³-hybridized carbons (Fsp3) is 0.100. The molecule has 0 unspecified atom stereocenters. The minimum Gasteiger partial charge on any atom is -0.491 e. The van der Waals surface area contributed by atoms with Gasteiger partial charge in [-0.1, -0.05) is 36.9 Å². The molecular weight excluding hydrogens is 352 g/mol. The van der Waals surface area contributed by atoms with E-state index >= 15 is 0 Å². The summed E-state index contributed by atoms with van der Waals surface area (Å²) >= 11 is 0. The Bertz CT molecular complexity index is 767. The molecule has 0 fully saturated rings. The highest BCUT2D eigenvalue weighted by atomic mass is 17.5. The van der Waals surface area contributed by atoms with E-state index < -0.39 is 5.97 Å². The van der Waals surface area contributed by atoms with E-state index in [1.807, 2.05) is 18.2 Å². The number of hydrogen-bond acceptors (Lipinski definition) is 7. The second-order valence-electron chi connectivity index (χ2n) is 4.97. The van der Waals surface area contributed by atoms with Crippen molar-refractivity contribution in [2.45, 2.75) is 0 Å². The summed E-state index contributed by atoms with van der Waals surface area (Å²) in [4.78, 5) is 32.1. The summed E-state index contributed by atoms with van der Waals surface area (Å²) in [7, 11) is 0. The van der Waals surface area contributed by atoms with Crippen molar-refractivity contribution in [1.29, 1.82) is 0 Å². The van der Waals surface area contributed by atoms with Gasteiger partial charge in [0.2, 0.25) is 0 Å². The maximum atomic E-state index is 12.3. The van der Waals surface area contributed by atoms with Crippen LogP contribution >= 0.6 is 0 Å². The van der Waals surface area contributed by atoms with Gasteiger partial charge in [-0.2, -0.15) is 4.89 Å². The van der Waals surface area contributed by atoms with Crippen LogP contribution in [0, 0.1) is 0 Å². The van der Waals surface area contributed by atoms with E-state index in [4.69, 9.17) is 9.62 Å². The van der Waals surface area contributed by atoms with E-state index in [2.05, 4.69) is 21.2 Å². The zero-order chi connectivity index (χ0) is 19.3. The van der Waals surface area contributed by atoms with Gasteiger partial charge >= 0.3 is 5.97 Å². The average Bonchev–Trinajstić information content (AvgIpc) is 2.73. The normalized spacial score (nSPS) is 10.4. The van der Waals surface area contributed by atoms with Gasteiger partial charge in [0, 0.05) is 17.2 Å². The summed E-state index contributed by atoms with van der Waals surface area (Å²) < 4.78 is 9.93. The first-order valence-corrected chi connectivity index (χ1v) is 7.96. The number of benzene rings is 2. The van der Waals surface area contributed by atoms with Crippen LogP contribution in [0.2, 0.25) is 0 Å². The highest BCUT2D eigenvalue weighted by Gasteiger charge is 2.08. The van der Waals surface area contributed by atoms with Crippen molar-refractivity contribution in [2.24, 2.45) is 0 Å². The molecule has 0 amide bonds. The van der Waals surface area contributed by atoms with Crippen LogP contribution < -0.4 is 4.74 Å². The number of carbonyl (C=O) groups is 2. The molecule has 2 aromatic carbocycles. The zero-order valence-corrected chi connectivity index (χ0v) is 14.4. The first kappa shape index (κ1) is 19.9. The van der Waals surface area contributed by atoms with Crippen LogP contribution in [0.3, 0.4) is 0 Å². The topological polar surface area (TPSA) is 80.3 Å². The monoisotopic (exact) mass is 370 g/mol.